The van der Waals surface area contributed by atoms with Crippen molar-refractivity contribution in [3.63, 3.8) is 0 Å². The van der Waals surface area contributed by atoms with Crippen LogP contribution < -0.4 is 14.2 Å². The van der Waals surface area contributed by atoms with E-state index in [2.05, 4.69) is 21.5 Å². The summed E-state index contributed by atoms with van der Waals surface area (Å²) in [5, 5.41) is 11.4. The lowest BCUT2D eigenvalue weighted by molar-refractivity contribution is 0.324. The van der Waals surface area contributed by atoms with Gasteiger partial charge in [-0.2, -0.15) is 15.4 Å². The molecular formula is C17H21N3O3. The van der Waals surface area contributed by atoms with E-state index in [1.54, 1.807) is 21.3 Å². The van der Waals surface area contributed by atoms with Gasteiger partial charge in [0, 0.05) is 5.56 Å². The van der Waals surface area contributed by atoms with E-state index in [0.717, 1.165) is 29.8 Å². The summed E-state index contributed by atoms with van der Waals surface area (Å²) < 4.78 is 16.2. The highest BCUT2D eigenvalue weighted by Crippen LogP contribution is 2.42. The second kappa shape index (κ2) is 6.73. The van der Waals surface area contributed by atoms with Gasteiger partial charge in [0.05, 0.1) is 21.3 Å². The third-order valence-electron chi connectivity index (χ3n) is 4.08. The molecule has 1 heterocycles. The maximum atomic E-state index is 5.42. The van der Waals surface area contributed by atoms with Gasteiger partial charge in [0.2, 0.25) is 5.75 Å². The van der Waals surface area contributed by atoms with E-state index in [1.165, 1.54) is 18.4 Å². The Kier molecular flexibility index (Phi) is 4.50. The number of hydrogen-bond donors (Lipinski definition) is 1. The Hall–Kier alpha value is -2.50. The van der Waals surface area contributed by atoms with Crippen molar-refractivity contribution in [3.8, 4) is 28.5 Å². The third kappa shape index (κ3) is 2.88. The molecule has 122 valence electrons. The van der Waals surface area contributed by atoms with Crippen LogP contribution in [0.2, 0.25) is 0 Å². The average Bonchev–Trinajstić information content (AvgIpc) is 3.10. The fourth-order valence-corrected chi connectivity index (χ4v) is 2.93. The summed E-state index contributed by atoms with van der Waals surface area (Å²) in [6.07, 6.45) is 6.80. The van der Waals surface area contributed by atoms with Gasteiger partial charge in [-0.1, -0.05) is 6.08 Å². The van der Waals surface area contributed by atoms with Gasteiger partial charge in [-0.3, -0.25) is 0 Å². The van der Waals surface area contributed by atoms with Gasteiger partial charge in [-0.05, 0) is 43.4 Å². The van der Waals surface area contributed by atoms with Crippen LogP contribution >= 0.6 is 0 Å². The first-order valence-electron chi connectivity index (χ1n) is 7.69. The minimum atomic E-state index is 0.570. The molecule has 0 saturated carbocycles. The molecule has 6 nitrogen and oxygen atoms in total. The molecule has 0 unspecified atom stereocenters. The Balaban J connectivity index is 2.09. The Bertz CT molecular complexity index is 697. The maximum Gasteiger partial charge on any atom is 0.203 e. The molecular weight excluding hydrogens is 294 g/mol. The first kappa shape index (κ1) is 15.4. The molecule has 0 saturated heterocycles. The van der Waals surface area contributed by atoms with Crippen LogP contribution in [0.5, 0.6) is 17.2 Å². The van der Waals surface area contributed by atoms with Gasteiger partial charge >= 0.3 is 0 Å². The zero-order valence-electron chi connectivity index (χ0n) is 13.7. The number of hydrogen-bond acceptors (Lipinski definition) is 5. The molecule has 23 heavy (non-hydrogen) atoms. The quantitative estimate of drug-likeness (QED) is 0.915. The first-order chi connectivity index (χ1) is 11.3. The van der Waals surface area contributed by atoms with Gasteiger partial charge in [-0.15, -0.1) is 0 Å². The van der Waals surface area contributed by atoms with Gasteiger partial charge in [0.1, 0.15) is 11.4 Å². The third-order valence-corrected chi connectivity index (χ3v) is 4.08. The predicted octanol–water partition coefficient (Wildman–Crippen LogP) is 3.45. The summed E-state index contributed by atoms with van der Waals surface area (Å²) in [6, 6.07) is 3.79. The van der Waals surface area contributed by atoms with Crippen LogP contribution in [0.4, 0.5) is 0 Å². The molecule has 0 spiro atoms. The second-order valence-corrected chi connectivity index (χ2v) is 5.41. The molecule has 0 atom stereocenters. The second-order valence-electron chi connectivity index (χ2n) is 5.41. The molecule has 1 aromatic heterocycles. The molecule has 6 heteroatoms. The van der Waals surface area contributed by atoms with Crippen molar-refractivity contribution in [1.82, 2.24) is 15.4 Å². The Morgan fingerprint density at radius 1 is 0.913 bits per heavy atom. The van der Waals surface area contributed by atoms with Crippen molar-refractivity contribution in [3.05, 3.63) is 23.9 Å². The monoisotopic (exact) mass is 315 g/mol. The van der Waals surface area contributed by atoms with Gasteiger partial charge in [-0.25, -0.2) is 0 Å². The minimum absolute atomic E-state index is 0.570. The lowest BCUT2D eigenvalue weighted by Gasteiger charge is -2.15. The summed E-state index contributed by atoms with van der Waals surface area (Å²) >= 11 is 0. The van der Waals surface area contributed by atoms with Crippen molar-refractivity contribution in [2.75, 3.05) is 21.3 Å². The summed E-state index contributed by atoms with van der Waals surface area (Å²) in [5.74, 6) is 1.78. The molecule has 3 rings (SSSR count). The Morgan fingerprint density at radius 3 is 2.17 bits per heavy atom. The van der Waals surface area contributed by atoms with E-state index in [9.17, 15) is 0 Å². The average molecular weight is 315 g/mol. The maximum absolute atomic E-state index is 5.42. The van der Waals surface area contributed by atoms with Gasteiger partial charge in [0.25, 0.3) is 0 Å². The number of aromatic amines is 1. The molecule has 0 radical (unpaired) electrons. The highest BCUT2D eigenvalue weighted by Gasteiger charge is 2.20. The minimum Gasteiger partial charge on any atom is -0.493 e. The molecule has 1 aliphatic carbocycles. The number of H-pyrrole nitrogens is 1. The summed E-state index contributed by atoms with van der Waals surface area (Å²) in [6.45, 7) is 0. The van der Waals surface area contributed by atoms with E-state index in [-0.39, 0.29) is 0 Å². The number of nitrogens with one attached hydrogen (secondary N) is 1. The topological polar surface area (TPSA) is 69.3 Å². The number of rotatable bonds is 5. The van der Waals surface area contributed by atoms with Crippen molar-refractivity contribution in [2.24, 2.45) is 0 Å². The van der Waals surface area contributed by atoms with E-state index in [1.807, 2.05) is 12.1 Å². The van der Waals surface area contributed by atoms with Gasteiger partial charge in [0.15, 0.2) is 11.5 Å². The summed E-state index contributed by atoms with van der Waals surface area (Å²) in [4.78, 5) is 0. The van der Waals surface area contributed by atoms with Crippen LogP contribution in [0.15, 0.2) is 18.2 Å². The summed E-state index contributed by atoms with van der Waals surface area (Å²) in [5.41, 5.74) is 3.83. The zero-order valence-corrected chi connectivity index (χ0v) is 13.7. The molecule has 0 aliphatic heterocycles. The van der Waals surface area contributed by atoms with E-state index in [0.29, 0.717) is 17.2 Å². The molecule has 0 bridgehead atoms. The van der Waals surface area contributed by atoms with E-state index < -0.39 is 0 Å². The van der Waals surface area contributed by atoms with Gasteiger partial charge < -0.3 is 14.2 Å². The summed E-state index contributed by atoms with van der Waals surface area (Å²) in [7, 11) is 4.80. The molecule has 1 aliphatic rings. The Morgan fingerprint density at radius 2 is 1.61 bits per heavy atom. The van der Waals surface area contributed by atoms with Crippen LogP contribution in [0.25, 0.3) is 16.8 Å². The molecule has 0 amide bonds. The number of nitrogens with zero attached hydrogens (tertiary/aromatic N) is 2. The standard InChI is InChI=1S/C17H21N3O3/c1-21-13-9-12(10-14(22-2)17(13)23-3)16-15(18-20-19-16)11-7-5-4-6-8-11/h7,9-10H,4-6,8H2,1-3H3,(H,18,19,20). The highest BCUT2D eigenvalue weighted by atomic mass is 16.5. The largest absolute Gasteiger partial charge is 0.493 e. The predicted molar refractivity (Wildman–Crippen MR) is 87.9 cm³/mol. The van der Waals surface area contributed by atoms with Crippen molar-refractivity contribution >= 4 is 5.57 Å². The lowest BCUT2D eigenvalue weighted by atomic mass is 9.94. The fraction of sp³-hybridized carbons (Fsp3) is 0.412. The Labute approximate surface area is 135 Å². The smallest absolute Gasteiger partial charge is 0.203 e. The number of ether oxygens (including phenoxy) is 3. The van der Waals surface area contributed by atoms with Crippen molar-refractivity contribution < 1.29 is 14.2 Å². The molecule has 1 N–H and O–H groups in total. The zero-order chi connectivity index (χ0) is 16.2. The van der Waals surface area contributed by atoms with Crippen LogP contribution in [0.3, 0.4) is 0 Å². The molecule has 1 aromatic carbocycles. The first-order valence-corrected chi connectivity index (χ1v) is 7.69. The number of aromatic nitrogens is 3. The van der Waals surface area contributed by atoms with Crippen LogP contribution in [-0.2, 0) is 0 Å². The van der Waals surface area contributed by atoms with E-state index >= 15 is 0 Å². The number of methoxy groups -OCH3 is 3. The molecule has 2 aromatic rings. The SMILES string of the molecule is COc1cc(-c2n[nH]nc2C2=CCCCC2)cc(OC)c1OC. The van der Waals surface area contributed by atoms with Crippen molar-refractivity contribution in [2.45, 2.75) is 25.7 Å². The fourth-order valence-electron chi connectivity index (χ4n) is 2.93. The van der Waals surface area contributed by atoms with E-state index in [4.69, 9.17) is 14.2 Å². The lowest BCUT2D eigenvalue weighted by Crippen LogP contribution is -1.98. The number of allylic oxidation sites excluding steroid dienone is 2. The van der Waals surface area contributed by atoms with Crippen LogP contribution in [0, 0.1) is 0 Å². The normalized spacial score (nSPS) is 14.3. The number of benzene rings is 1. The van der Waals surface area contributed by atoms with Crippen molar-refractivity contribution in [1.29, 1.82) is 0 Å². The highest BCUT2D eigenvalue weighted by molar-refractivity contribution is 5.79. The van der Waals surface area contributed by atoms with Crippen LogP contribution in [-0.4, -0.2) is 36.7 Å². The van der Waals surface area contributed by atoms with Crippen LogP contribution in [0.1, 0.15) is 31.4 Å². The molecule has 0 fully saturated rings.